The lowest BCUT2D eigenvalue weighted by Gasteiger charge is -2.24. The van der Waals surface area contributed by atoms with Crippen LogP contribution in [0.3, 0.4) is 0 Å². The summed E-state index contributed by atoms with van der Waals surface area (Å²) in [4.78, 5) is 12.8. The Morgan fingerprint density at radius 3 is 2.07 bits per heavy atom. The van der Waals surface area contributed by atoms with Gasteiger partial charge in [0, 0.05) is 6.54 Å². The van der Waals surface area contributed by atoms with Gasteiger partial charge in [0.05, 0.1) is 10.6 Å². The summed E-state index contributed by atoms with van der Waals surface area (Å²) in [6, 6.07) is 25.2. The van der Waals surface area contributed by atoms with Crippen molar-refractivity contribution in [3.63, 3.8) is 0 Å². The number of rotatable bonds is 8. The number of nitrogens with zero attached hydrogens (tertiary/aromatic N) is 1. The zero-order chi connectivity index (χ0) is 21.6. The third-order valence-electron chi connectivity index (χ3n) is 4.91. The van der Waals surface area contributed by atoms with Gasteiger partial charge in [0.25, 0.3) is 10.0 Å². The summed E-state index contributed by atoms with van der Waals surface area (Å²) >= 11 is 0. The summed E-state index contributed by atoms with van der Waals surface area (Å²) in [6.07, 6.45) is 0. The molecule has 0 aliphatic rings. The first kappa shape index (κ1) is 21.6. The number of carbonyl (C=O) groups excluding carboxylic acids is 1. The van der Waals surface area contributed by atoms with Crippen LogP contribution in [-0.4, -0.2) is 27.4 Å². The summed E-state index contributed by atoms with van der Waals surface area (Å²) in [5.74, 6) is -0.230. The Morgan fingerprint density at radius 2 is 1.47 bits per heavy atom. The molecule has 0 fully saturated rings. The number of nitrogens with one attached hydrogen (secondary N) is 1. The molecule has 1 atom stereocenters. The van der Waals surface area contributed by atoms with Gasteiger partial charge in [0.2, 0.25) is 5.91 Å². The van der Waals surface area contributed by atoms with Crippen LogP contribution >= 0.6 is 0 Å². The summed E-state index contributed by atoms with van der Waals surface area (Å²) in [7, 11) is -3.88. The molecule has 5 nitrogen and oxygen atoms in total. The van der Waals surface area contributed by atoms with Crippen LogP contribution < -0.4 is 9.62 Å². The van der Waals surface area contributed by atoms with Gasteiger partial charge < -0.3 is 5.32 Å². The third-order valence-corrected chi connectivity index (χ3v) is 6.70. The summed E-state index contributed by atoms with van der Waals surface area (Å²) < 4.78 is 27.7. The largest absolute Gasteiger partial charge is 0.354 e. The minimum Gasteiger partial charge on any atom is -0.354 e. The number of aryl methyl sites for hydroxylation is 1. The average Bonchev–Trinajstić information content (AvgIpc) is 2.77. The van der Waals surface area contributed by atoms with Crippen molar-refractivity contribution >= 4 is 21.6 Å². The highest BCUT2D eigenvalue weighted by molar-refractivity contribution is 7.92. The van der Waals surface area contributed by atoms with Crippen molar-refractivity contribution in [3.05, 3.63) is 96.1 Å². The van der Waals surface area contributed by atoms with E-state index in [-0.39, 0.29) is 23.3 Å². The molecule has 6 heteroatoms. The zero-order valence-corrected chi connectivity index (χ0v) is 18.0. The van der Waals surface area contributed by atoms with E-state index in [2.05, 4.69) is 5.32 Å². The highest BCUT2D eigenvalue weighted by Crippen LogP contribution is 2.23. The van der Waals surface area contributed by atoms with E-state index in [1.165, 1.54) is 0 Å². The van der Waals surface area contributed by atoms with Crippen LogP contribution in [0.5, 0.6) is 0 Å². The molecule has 0 aliphatic heterocycles. The molecule has 0 bridgehead atoms. The molecule has 0 radical (unpaired) electrons. The first-order chi connectivity index (χ1) is 14.4. The molecular formula is C24H26N2O3S. The minimum absolute atomic E-state index is 0.119. The molecule has 1 amide bonds. The Labute approximate surface area is 178 Å². The lowest BCUT2D eigenvalue weighted by atomic mass is 10.0. The first-order valence-electron chi connectivity index (χ1n) is 9.84. The van der Waals surface area contributed by atoms with Crippen LogP contribution in [0.2, 0.25) is 0 Å². The van der Waals surface area contributed by atoms with Crippen molar-refractivity contribution in [3.8, 4) is 0 Å². The number of para-hydroxylation sites is 1. The van der Waals surface area contributed by atoms with Crippen LogP contribution in [0.25, 0.3) is 0 Å². The second-order valence-electron chi connectivity index (χ2n) is 7.28. The fraction of sp³-hybridized carbons (Fsp3) is 0.208. The zero-order valence-electron chi connectivity index (χ0n) is 17.2. The van der Waals surface area contributed by atoms with Gasteiger partial charge in [-0.2, -0.15) is 0 Å². The molecule has 0 heterocycles. The van der Waals surface area contributed by atoms with E-state index in [9.17, 15) is 13.2 Å². The van der Waals surface area contributed by atoms with Crippen LogP contribution in [0.15, 0.2) is 89.8 Å². The predicted molar refractivity (Wildman–Crippen MR) is 120 cm³/mol. The number of hydrogen-bond acceptors (Lipinski definition) is 3. The van der Waals surface area contributed by atoms with E-state index >= 15 is 0 Å². The Balaban J connectivity index is 1.78. The Bertz CT molecular complexity index is 1070. The number of benzene rings is 3. The molecule has 0 spiro atoms. The molecule has 30 heavy (non-hydrogen) atoms. The number of hydrogen-bond donors (Lipinski definition) is 1. The maximum Gasteiger partial charge on any atom is 0.264 e. The van der Waals surface area contributed by atoms with E-state index in [0.29, 0.717) is 12.2 Å². The molecular weight excluding hydrogens is 396 g/mol. The predicted octanol–water partition coefficient (Wildman–Crippen LogP) is 4.11. The topological polar surface area (TPSA) is 66.5 Å². The summed E-state index contributed by atoms with van der Waals surface area (Å²) in [5, 5.41) is 2.87. The number of sulfonamides is 1. The van der Waals surface area contributed by atoms with Crippen molar-refractivity contribution < 1.29 is 13.2 Å². The van der Waals surface area contributed by atoms with Crippen LogP contribution in [0.1, 0.15) is 24.0 Å². The summed E-state index contributed by atoms with van der Waals surface area (Å²) in [6.45, 7) is 4.05. The van der Waals surface area contributed by atoms with Gasteiger partial charge in [0.15, 0.2) is 0 Å². The maximum atomic E-state index is 13.3. The molecule has 0 saturated carbocycles. The van der Waals surface area contributed by atoms with E-state index in [0.717, 1.165) is 15.4 Å². The van der Waals surface area contributed by atoms with Crippen molar-refractivity contribution in [2.75, 3.05) is 17.4 Å². The second kappa shape index (κ2) is 9.59. The molecule has 3 rings (SSSR count). The normalized spacial score (nSPS) is 12.2. The molecule has 0 unspecified atom stereocenters. The molecule has 0 aromatic heterocycles. The van der Waals surface area contributed by atoms with Crippen molar-refractivity contribution in [2.24, 2.45) is 0 Å². The number of carbonyl (C=O) groups is 1. The Kier molecular flexibility index (Phi) is 6.90. The Morgan fingerprint density at radius 1 is 0.900 bits per heavy atom. The standard InChI is InChI=1S/C24H26N2O3S/c1-19-13-15-23(16-14-19)30(28,29)26(22-11-7-4-8-12-22)18-24(27)25-17-20(2)21-9-5-3-6-10-21/h3-16,20H,17-18H2,1-2H3,(H,25,27)/t20-/m0/s1. The van der Waals surface area contributed by atoms with Gasteiger partial charge >= 0.3 is 0 Å². The van der Waals surface area contributed by atoms with Gasteiger partial charge in [-0.1, -0.05) is 73.2 Å². The number of amides is 1. The molecule has 0 saturated heterocycles. The van der Waals surface area contributed by atoms with Gasteiger partial charge in [-0.3, -0.25) is 9.10 Å². The fourth-order valence-corrected chi connectivity index (χ4v) is 4.52. The quantitative estimate of drug-likeness (QED) is 0.594. The van der Waals surface area contributed by atoms with Crippen molar-refractivity contribution in [2.45, 2.75) is 24.7 Å². The first-order valence-corrected chi connectivity index (χ1v) is 11.3. The van der Waals surface area contributed by atoms with Gasteiger partial charge in [-0.05, 0) is 42.7 Å². The van der Waals surface area contributed by atoms with Crippen LogP contribution in [0, 0.1) is 6.92 Å². The van der Waals surface area contributed by atoms with Crippen LogP contribution in [-0.2, 0) is 14.8 Å². The average molecular weight is 423 g/mol. The third kappa shape index (κ3) is 5.27. The SMILES string of the molecule is Cc1ccc(S(=O)(=O)N(CC(=O)NC[C@H](C)c2ccccc2)c2ccccc2)cc1. The molecule has 0 aliphatic carbocycles. The van der Waals surface area contributed by atoms with E-state index < -0.39 is 10.0 Å². The van der Waals surface area contributed by atoms with E-state index in [4.69, 9.17) is 0 Å². The molecule has 1 N–H and O–H groups in total. The minimum atomic E-state index is -3.88. The van der Waals surface area contributed by atoms with E-state index in [1.54, 1.807) is 48.5 Å². The van der Waals surface area contributed by atoms with Gasteiger partial charge in [0.1, 0.15) is 6.54 Å². The monoisotopic (exact) mass is 422 g/mol. The van der Waals surface area contributed by atoms with Gasteiger partial charge in [-0.15, -0.1) is 0 Å². The maximum absolute atomic E-state index is 13.3. The second-order valence-corrected chi connectivity index (χ2v) is 9.14. The Hall–Kier alpha value is -3.12. The fourth-order valence-electron chi connectivity index (χ4n) is 3.10. The molecule has 156 valence electrons. The van der Waals surface area contributed by atoms with E-state index in [1.807, 2.05) is 50.2 Å². The van der Waals surface area contributed by atoms with Gasteiger partial charge in [-0.25, -0.2) is 8.42 Å². The molecule has 3 aromatic carbocycles. The lowest BCUT2D eigenvalue weighted by molar-refractivity contribution is -0.119. The van der Waals surface area contributed by atoms with Crippen molar-refractivity contribution in [1.82, 2.24) is 5.32 Å². The summed E-state index contributed by atoms with van der Waals surface area (Å²) in [5.41, 5.74) is 2.53. The highest BCUT2D eigenvalue weighted by atomic mass is 32.2. The smallest absolute Gasteiger partial charge is 0.264 e. The van der Waals surface area contributed by atoms with Crippen LogP contribution in [0.4, 0.5) is 5.69 Å². The highest BCUT2D eigenvalue weighted by Gasteiger charge is 2.27. The molecule has 3 aromatic rings. The lowest BCUT2D eigenvalue weighted by Crippen LogP contribution is -2.41. The van der Waals surface area contributed by atoms with Crippen molar-refractivity contribution in [1.29, 1.82) is 0 Å². The number of anilines is 1.